The third kappa shape index (κ3) is 8.45. The second-order valence-electron chi connectivity index (χ2n) is 14.0. The molecule has 8 aromatic heterocycles. The Morgan fingerprint density at radius 2 is 1.14 bits per heavy atom. The molecule has 8 aromatic rings. The number of rotatable bonds is 10. The summed E-state index contributed by atoms with van der Waals surface area (Å²) in [6.07, 6.45) is 17.6. The summed E-state index contributed by atoms with van der Waals surface area (Å²) in [5, 5.41) is 10.5. The number of methoxy groups -OCH3 is 1. The van der Waals surface area contributed by atoms with Gasteiger partial charge < -0.3 is 14.7 Å². The first kappa shape index (κ1) is 40.4. The maximum atomic E-state index is 12.0. The van der Waals surface area contributed by atoms with Crippen LogP contribution in [-0.4, -0.2) is 81.2 Å². The highest BCUT2D eigenvalue weighted by Crippen LogP contribution is 2.33. The smallest absolute Gasteiger partial charge is 0.316 e. The minimum atomic E-state index is -3.52. The van der Waals surface area contributed by atoms with Crippen LogP contribution >= 0.6 is 0 Å². The van der Waals surface area contributed by atoms with Crippen LogP contribution in [-0.2, 0) is 22.7 Å². The van der Waals surface area contributed by atoms with Gasteiger partial charge in [-0.2, -0.15) is 15.2 Å². The Kier molecular flexibility index (Phi) is 11.6. The van der Waals surface area contributed by atoms with Crippen molar-refractivity contribution >= 4 is 31.9 Å². The van der Waals surface area contributed by atoms with Gasteiger partial charge in [-0.15, -0.1) is 0 Å². The molecule has 15 nitrogen and oxygen atoms in total. The van der Waals surface area contributed by atoms with E-state index >= 15 is 0 Å². The maximum absolute atomic E-state index is 12.0. The van der Waals surface area contributed by atoms with Gasteiger partial charge in [0.15, 0.2) is 0 Å². The number of aromatic nitrogens is 12. The summed E-state index contributed by atoms with van der Waals surface area (Å²) in [5.74, 6) is 0. The molecule has 0 bridgehead atoms. The standard InChI is InChI=1S/C20H22N6O2S.C20H22N6O.CH4/c1-5-15-7-18(25-20(24-15)29(4,27)28)17-10-22-19-16(17)6-13(8-21-19)14-9-23-26(11-14)12(2)3;1-5-15-7-18(25-20(24-15)27-4)17-10-22-19-16(17)6-13(8-21-19)14-9-23-26(11-14)12(2)3;/h6-12H,5H2,1-4H3,(H,21,22);6-12H,5H2,1-4H3,(H,21,22);1H4. The van der Waals surface area contributed by atoms with E-state index in [0.29, 0.717) is 35.5 Å². The Morgan fingerprint density at radius 1 is 0.667 bits per heavy atom. The summed E-state index contributed by atoms with van der Waals surface area (Å²) in [4.78, 5) is 32.8. The van der Waals surface area contributed by atoms with Gasteiger partial charge in [0.1, 0.15) is 11.3 Å². The van der Waals surface area contributed by atoms with Crippen LogP contribution in [0.3, 0.4) is 0 Å². The maximum Gasteiger partial charge on any atom is 0.316 e. The molecular formula is C41H48N12O3S. The lowest BCUT2D eigenvalue weighted by Crippen LogP contribution is -2.07. The Balaban J connectivity index is 0.000000190. The number of hydrogen-bond donors (Lipinski definition) is 2. The summed E-state index contributed by atoms with van der Waals surface area (Å²) in [6, 6.07) is 8.92. The minimum absolute atomic E-state index is 0. The topological polar surface area (TPSA) is 188 Å². The first-order valence-electron chi connectivity index (χ1n) is 18.4. The van der Waals surface area contributed by atoms with E-state index in [2.05, 4.69) is 90.8 Å². The van der Waals surface area contributed by atoms with E-state index in [1.54, 1.807) is 19.5 Å². The monoisotopic (exact) mass is 788 g/mol. The van der Waals surface area contributed by atoms with E-state index in [1.807, 2.05) is 71.7 Å². The van der Waals surface area contributed by atoms with Crippen molar-refractivity contribution in [1.82, 2.24) is 59.4 Å². The van der Waals surface area contributed by atoms with E-state index in [-0.39, 0.29) is 18.6 Å². The molecule has 0 aliphatic rings. The first-order valence-corrected chi connectivity index (χ1v) is 20.3. The van der Waals surface area contributed by atoms with Crippen molar-refractivity contribution in [1.29, 1.82) is 0 Å². The second kappa shape index (κ2) is 16.4. The lowest BCUT2D eigenvalue weighted by molar-refractivity contribution is 0.379. The van der Waals surface area contributed by atoms with Gasteiger partial charge in [0, 0.05) is 111 Å². The van der Waals surface area contributed by atoms with Gasteiger partial charge in [-0.3, -0.25) is 9.36 Å². The van der Waals surface area contributed by atoms with Crippen molar-refractivity contribution in [3.05, 3.63) is 85.2 Å². The van der Waals surface area contributed by atoms with Crippen LogP contribution in [0.25, 0.3) is 66.8 Å². The molecule has 0 amide bonds. The fraction of sp³-hybridized carbons (Fsp3) is 0.317. The number of ether oxygens (including phenoxy) is 1. The SMILES string of the molecule is C.CCc1cc(-c2c[nH]c3ncc(-c4cnn(C(C)C)c4)cc23)nc(OC)n1.CCc1cc(-c2c[nH]c3ncc(-c4cnn(C(C)C)c4)cc23)nc(S(C)(=O)=O)n1. The Bertz CT molecular complexity index is 2760. The van der Waals surface area contributed by atoms with Gasteiger partial charge in [0.05, 0.1) is 30.9 Å². The predicted molar refractivity (Wildman–Crippen MR) is 223 cm³/mol. The quantitative estimate of drug-likeness (QED) is 0.127. The Labute approximate surface area is 332 Å². The van der Waals surface area contributed by atoms with Crippen LogP contribution in [0.1, 0.15) is 72.4 Å². The molecule has 8 rings (SSSR count). The Morgan fingerprint density at radius 3 is 1.56 bits per heavy atom. The van der Waals surface area contributed by atoms with Gasteiger partial charge in [-0.05, 0) is 64.8 Å². The molecule has 0 saturated heterocycles. The van der Waals surface area contributed by atoms with Crippen molar-refractivity contribution in [2.45, 2.75) is 79.1 Å². The van der Waals surface area contributed by atoms with E-state index < -0.39 is 9.84 Å². The van der Waals surface area contributed by atoms with Crippen molar-refractivity contribution in [3.63, 3.8) is 0 Å². The molecule has 8 heterocycles. The number of pyridine rings is 2. The lowest BCUT2D eigenvalue weighted by atomic mass is 10.1. The number of fused-ring (bicyclic) bond motifs is 2. The van der Waals surface area contributed by atoms with Crippen molar-refractivity contribution in [2.75, 3.05) is 13.4 Å². The number of aryl methyl sites for hydroxylation is 2. The molecule has 0 aliphatic heterocycles. The number of nitrogens with one attached hydrogen (secondary N) is 2. The summed E-state index contributed by atoms with van der Waals surface area (Å²) in [7, 11) is -1.93. The molecule has 2 N–H and O–H groups in total. The third-order valence-corrected chi connectivity index (χ3v) is 10.1. The van der Waals surface area contributed by atoms with Gasteiger partial charge in [-0.25, -0.2) is 33.3 Å². The first-order chi connectivity index (χ1) is 26.8. The number of hydrogen-bond acceptors (Lipinski definition) is 11. The average molecular weight is 789 g/mol. The number of H-pyrrole nitrogens is 2. The normalized spacial score (nSPS) is 11.6. The molecule has 0 unspecified atom stereocenters. The van der Waals surface area contributed by atoms with Crippen LogP contribution in [0.4, 0.5) is 0 Å². The molecule has 16 heteroatoms. The van der Waals surface area contributed by atoms with Gasteiger partial charge in [0.25, 0.3) is 0 Å². The fourth-order valence-corrected chi connectivity index (χ4v) is 6.67. The van der Waals surface area contributed by atoms with Gasteiger partial charge in [-0.1, -0.05) is 21.3 Å². The molecule has 0 aromatic carbocycles. The number of aromatic amines is 2. The van der Waals surface area contributed by atoms with Crippen molar-refractivity contribution in [3.8, 4) is 50.8 Å². The number of nitrogens with zero attached hydrogens (tertiary/aromatic N) is 10. The summed E-state index contributed by atoms with van der Waals surface area (Å²) < 4.78 is 33.2. The third-order valence-electron chi connectivity index (χ3n) is 9.30. The van der Waals surface area contributed by atoms with Gasteiger partial charge in [0.2, 0.25) is 15.0 Å². The Hall–Kier alpha value is -6.29. The van der Waals surface area contributed by atoms with Crippen LogP contribution < -0.4 is 4.74 Å². The molecular weight excluding hydrogens is 741 g/mol. The van der Waals surface area contributed by atoms with Crippen LogP contribution in [0.2, 0.25) is 0 Å². The van der Waals surface area contributed by atoms with E-state index in [1.165, 1.54) is 0 Å². The van der Waals surface area contributed by atoms with Crippen molar-refractivity contribution in [2.24, 2.45) is 0 Å². The van der Waals surface area contributed by atoms with E-state index in [0.717, 1.165) is 73.9 Å². The molecule has 0 saturated carbocycles. The summed E-state index contributed by atoms with van der Waals surface area (Å²) in [6.45, 7) is 12.4. The molecule has 57 heavy (non-hydrogen) atoms. The highest BCUT2D eigenvalue weighted by atomic mass is 32.2. The zero-order chi connectivity index (χ0) is 39.7. The molecule has 0 fully saturated rings. The molecule has 0 atom stereocenters. The zero-order valence-corrected chi connectivity index (χ0v) is 33.4. The fourth-order valence-electron chi connectivity index (χ4n) is 6.13. The van der Waals surface area contributed by atoms with Crippen LogP contribution in [0, 0.1) is 0 Å². The second-order valence-corrected chi connectivity index (χ2v) is 15.9. The van der Waals surface area contributed by atoms with E-state index in [4.69, 9.17) is 4.74 Å². The largest absolute Gasteiger partial charge is 0.467 e. The van der Waals surface area contributed by atoms with Gasteiger partial charge >= 0.3 is 6.01 Å². The molecule has 0 aliphatic carbocycles. The highest BCUT2D eigenvalue weighted by molar-refractivity contribution is 7.90. The van der Waals surface area contributed by atoms with E-state index in [9.17, 15) is 8.42 Å². The van der Waals surface area contributed by atoms with Crippen LogP contribution in [0.5, 0.6) is 6.01 Å². The number of sulfone groups is 1. The van der Waals surface area contributed by atoms with Crippen LogP contribution in [0.15, 0.2) is 79.0 Å². The molecule has 0 spiro atoms. The molecule has 296 valence electrons. The zero-order valence-electron chi connectivity index (χ0n) is 32.6. The summed E-state index contributed by atoms with van der Waals surface area (Å²) in [5.41, 5.74) is 10.2. The predicted octanol–water partition coefficient (Wildman–Crippen LogP) is 8.10. The van der Waals surface area contributed by atoms with Crippen molar-refractivity contribution < 1.29 is 13.2 Å². The average Bonchev–Trinajstić information content (AvgIpc) is 4.03. The lowest BCUT2D eigenvalue weighted by Gasteiger charge is -2.06. The highest BCUT2D eigenvalue weighted by Gasteiger charge is 2.18. The summed E-state index contributed by atoms with van der Waals surface area (Å²) >= 11 is 0. The molecule has 0 radical (unpaired) electrons. The minimum Gasteiger partial charge on any atom is -0.467 e.